The summed E-state index contributed by atoms with van der Waals surface area (Å²) in [6.07, 6.45) is -1.11. The van der Waals surface area contributed by atoms with E-state index >= 15 is 0 Å². The van der Waals surface area contributed by atoms with Gasteiger partial charge in [-0.1, -0.05) is 52.4 Å². The van der Waals surface area contributed by atoms with Gasteiger partial charge in [-0.2, -0.15) is 26.3 Å². The van der Waals surface area contributed by atoms with Crippen LogP contribution >= 0.6 is 15.9 Å². The number of benzene rings is 1. The van der Waals surface area contributed by atoms with Gasteiger partial charge < -0.3 is 15.9 Å². The van der Waals surface area contributed by atoms with Gasteiger partial charge >= 0.3 is 12.4 Å². The topological polar surface area (TPSA) is 78.1 Å². The summed E-state index contributed by atoms with van der Waals surface area (Å²) in [7, 11) is 0. The number of hydrogen-bond donors (Lipinski definition) is 2. The Morgan fingerprint density at radius 1 is 1.06 bits per heavy atom. The highest BCUT2D eigenvalue weighted by Gasteiger charge is 2.74. The van der Waals surface area contributed by atoms with Crippen molar-refractivity contribution in [2.24, 2.45) is 5.92 Å². The van der Waals surface area contributed by atoms with Crippen LogP contribution in [0.25, 0.3) is 17.7 Å². The molecule has 11 heteroatoms. The number of hydrogen-bond acceptors (Lipinski definition) is 4. The minimum absolute atomic E-state index is 0.0793. The van der Waals surface area contributed by atoms with Gasteiger partial charge in [0.25, 0.3) is 0 Å². The summed E-state index contributed by atoms with van der Waals surface area (Å²) in [6.45, 7) is 1.89. The number of fused-ring (bicyclic) bond motifs is 1. The Balaban J connectivity index is 1.88. The number of anilines is 2. The molecular formula is C24H20BrF6N3O. The van der Waals surface area contributed by atoms with E-state index in [0.29, 0.717) is 17.7 Å². The zero-order valence-corrected chi connectivity index (χ0v) is 19.8. The van der Waals surface area contributed by atoms with Gasteiger partial charge in [-0.25, -0.2) is 4.98 Å². The van der Waals surface area contributed by atoms with Crippen molar-refractivity contribution in [3.8, 4) is 0 Å². The second-order valence-corrected chi connectivity index (χ2v) is 10.3. The van der Waals surface area contributed by atoms with Gasteiger partial charge in [0, 0.05) is 11.5 Å². The number of alkyl halides is 7. The standard InChI is InChI=1S/C24H20BrF6N3O/c1-21(25)9-2-3-13(8-10-21)20-34-18-7-5-15(12-19(18)35-20)22(23(26,27)28,24(29,30)31)14-4-6-16(32)17(33)11-14/h2-4,6-12,15H,5,32-33H2,1H3. The molecule has 0 radical (unpaired) electrons. The SMILES string of the molecule is CC1(Br)C=CC=C(c2nc3c(o2)=CC(C(c2ccc(N)c(N)c2)(C(F)(F)F)C(F)(F)F)CC=3)C=C1. The average Bonchev–Trinajstić information content (AvgIpc) is 3.05. The number of rotatable bonds is 3. The maximum atomic E-state index is 14.5. The smallest absolute Gasteiger partial charge is 0.407 e. The Kier molecular flexibility index (Phi) is 5.98. The van der Waals surface area contributed by atoms with Crippen LogP contribution < -0.4 is 22.2 Å². The Morgan fingerprint density at radius 3 is 2.37 bits per heavy atom. The highest BCUT2D eigenvalue weighted by atomic mass is 79.9. The molecule has 0 saturated carbocycles. The number of allylic oxidation sites excluding steroid dienone is 6. The quantitative estimate of drug-likeness (QED) is 0.310. The van der Waals surface area contributed by atoms with Crippen molar-refractivity contribution in [1.29, 1.82) is 0 Å². The third kappa shape index (κ3) is 4.30. The molecule has 0 saturated heterocycles. The van der Waals surface area contributed by atoms with Gasteiger partial charge in [-0.3, -0.25) is 0 Å². The lowest BCUT2D eigenvalue weighted by Gasteiger charge is -2.42. The Labute approximate surface area is 204 Å². The molecule has 1 aromatic heterocycles. The molecule has 4 N–H and O–H groups in total. The normalized spacial score (nSPS) is 22.6. The number of aromatic nitrogens is 1. The Bertz CT molecular complexity index is 1350. The molecule has 0 bridgehead atoms. The van der Waals surface area contributed by atoms with E-state index in [1.165, 1.54) is 6.08 Å². The molecule has 186 valence electrons. The van der Waals surface area contributed by atoms with Crippen LogP contribution in [0.3, 0.4) is 0 Å². The van der Waals surface area contributed by atoms with Gasteiger partial charge in [-0.05, 0) is 43.2 Å². The molecule has 1 heterocycles. The number of oxazole rings is 1. The summed E-state index contributed by atoms with van der Waals surface area (Å²) in [5, 5.41) is 0.176. The molecule has 2 aliphatic rings. The van der Waals surface area contributed by atoms with Crippen molar-refractivity contribution in [2.75, 3.05) is 11.5 Å². The van der Waals surface area contributed by atoms with E-state index in [4.69, 9.17) is 15.9 Å². The minimum atomic E-state index is -5.71. The summed E-state index contributed by atoms with van der Waals surface area (Å²) in [5.41, 5.74) is 5.72. The predicted octanol–water partition coefficient (Wildman–Crippen LogP) is 5.15. The third-order valence-electron chi connectivity index (χ3n) is 6.12. The zero-order valence-electron chi connectivity index (χ0n) is 18.2. The summed E-state index contributed by atoms with van der Waals surface area (Å²) in [5.74, 6) is -1.99. The van der Waals surface area contributed by atoms with Crippen molar-refractivity contribution in [2.45, 2.75) is 35.4 Å². The lowest BCUT2D eigenvalue weighted by molar-refractivity contribution is -0.313. The number of nitrogens with zero attached hydrogens (tertiary/aromatic N) is 1. The van der Waals surface area contributed by atoms with Crippen molar-refractivity contribution in [1.82, 2.24) is 4.98 Å². The highest BCUT2D eigenvalue weighted by molar-refractivity contribution is 9.10. The molecule has 0 fully saturated rings. The molecule has 1 aromatic carbocycles. The van der Waals surface area contributed by atoms with Gasteiger partial charge in [0.05, 0.1) is 15.7 Å². The fourth-order valence-corrected chi connectivity index (χ4v) is 4.60. The maximum Gasteiger partial charge on any atom is 0.407 e. The fourth-order valence-electron chi connectivity index (χ4n) is 4.31. The molecule has 35 heavy (non-hydrogen) atoms. The van der Waals surface area contributed by atoms with Gasteiger partial charge in [0.2, 0.25) is 5.89 Å². The average molecular weight is 560 g/mol. The predicted molar refractivity (Wildman–Crippen MR) is 125 cm³/mol. The molecule has 2 aliphatic carbocycles. The summed E-state index contributed by atoms with van der Waals surface area (Å²) < 4.78 is 92.0. The first-order chi connectivity index (χ1) is 16.2. The summed E-state index contributed by atoms with van der Waals surface area (Å²) >= 11 is 3.50. The number of halogens is 7. The van der Waals surface area contributed by atoms with E-state index in [-0.39, 0.29) is 28.0 Å². The molecule has 0 spiro atoms. The summed E-state index contributed by atoms with van der Waals surface area (Å²) in [4.78, 5) is 4.28. The van der Waals surface area contributed by atoms with Crippen molar-refractivity contribution < 1.29 is 30.8 Å². The maximum absolute atomic E-state index is 14.5. The Morgan fingerprint density at radius 2 is 1.74 bits per heavy atom. The lowest BCUT2D eigenvalue weighted by Crippen LogP contribution is -2.59. The Hall–Kier alpha value is -2.95. The van der Waals surface area contributed by atoms with Crippen LogP contribution in [0.15, 0.2) is 53.0 Å². The zero-order chi connectivity index (χ0) is 25.8. The molecule has 2 unspecified atom stereocenters. The summed E-state index contributed by atoms with van der Waals surface area (Å²) in [6, 6.07) is 2.29. The monoisotopic (exact) mass is 559 g/mol. The fraction of sp³-hybridized carbons (Fsp3) is 0.292. The van der Waals surface area contributed by atoms with E-state index in [9.17, 15) is 26.3 Å². The van der Waals surface area contributed by atoms with Crippen molar-refractivity contribution >= 4 is 45.0 Å². The van der Waals surface area contributed by atoms with E-state index in [2.05, 4.69) is 20.9 Å². The minimum Gasteiger partial charge on any atom is -0.436 e. The second kappa shape index (κ2) is 8.32. The molecule has 0 aliphatic heterocycles. The van der Waals surface area contributed by atoms with Crippen LogP contribution in [0.2, 0.25) is 0 Å². The van der Waals surface area contributed by atoms with Crippen LogP contribution in [0, 0.1) is 5.92 Å². The van der Waals surface area contributed by atoms with Crippen molar-refractivity contribution in [3.05, 3.63) is 70.8 Å². The van der Waals surface area contributed by atoms with E-state index < -0.39 is 40.0 Å². The highest BCUT2D eigenvalue weighted by Crippen LogP contribution is 2.58. The number of nitrogens with two attached hydrogens (primary N) is 2. The van der Waals surface area contributed by atoms with E-state index in [1.807, 2.05) is 19.1 Å². The van der Waals surface area contributed by atoms with Crippen LogP contribution in [-0.2, 0) is 5.41 Å². The van der Waals surface area contributed by atoms with Crippen LogP contribution in [-0.4, -0.2) is 21.7 Å². The van der Waals surface area contributed by atoms with Crippen LogP contribution in [0.1, 0.15) is 24.8 Å². The largest absolute Gasteiger partial charge is 0.436 e. The second-order valence-electron chi connectivity index (χ2n) is 8.59. The first-order valence-electron chi connectivity index (χ1n) is 10.4. The lowest BCUT2D eigenvalue weighted by atomic mass is 9.66. The van der Waals surface area contributed by atoms with E-state index in [0.717, 1.165) is 12.1 Å². The third-order valence-corrected chi connectivity index (χ3v) is 6.65. The molecule has 2 aromatic rings. The molecule has 0 amide bonds. The first kappa shape index (κ1) is 25.2. The molecule has 4 nitrogen and oxygen atoms in total. The molecule has 2 atom stereocenters. The molecular weight excluding hydrogens is 540 g/mol. The van der Waals surface area contributed by atoms with Gasteiger partial charge in [-0.15, -0.1) is 0 Å². The first-order valence-corrected chi connectivity index (χ1v) is 11.2. The molecule has 4 rings (SSSR count). The number of nitrogen functional groups attached to an aromatic ring is 2. The van der Waals surface area contributed by atoms with E-state index in [1.54, 1.807) is 18.2 Å². The van der Waals surface area contributed by atoms with Crippen LogP contribution in [0.4, 0.5) is 37.7 Å². The van der Waals surface area contributed by atoms with Crippen molar-refractivity contribution in [3.63, 3.8) is 0 Å². The van der Waals surface area contributed by atoms with Gasteiger partial charge in [0.15, 0.2) is 10.8 Å². The van der Waals surface area contributed by atoms with Gasteiger partial charge in [0.1, 0.15) is 5.35 Å². The van der Waals surface area contributed by atoms with Crippen LogP contribution in [0.5, 0.6) is 0 Å².